The Morgan fingerprint density at radius 3 is 2.40 bits per heavy atom. The number of fused-ring (bicyclic) bond motifs is 1. The van der Waals surface area contributed by atoms with Crippen LogP contribution in [0.2, 0.25) is 5.02 Å². The molecule has 25 heavy (non-hydrogen) atoms. The minimum Gasteiger partial charge on any atom is -0.351 e. The van der Waals surface area contributed by atoms with Crippen molar-refractivity contribution in [1.29, 1.82) is 0 Å². The number of anilines is 1. The standard InChI is InChI=1S/C18H18ClN5O/c19-14-6-2-4-8-16(14)24-15-7-3-1-5-13(15)17(21-24)22-9-11-23(12-10-22)18(20)25/h1-8H,9-12H2,(H2,20,25). The second kappa shape index (κ2) is 6.29. The Balaban J connectivity index is 1.76. The highest BCUT2D eigenvalue weighted by molar-refractivity contribution is 6.32. The molecule has 2 heterocycles. The van der Waals surface area contributed by atoms with Gasteiger partial charge >= 0.3 is 6.03 Å². The van der Waals surface area contributed by atoms with E-state index < -0.39 is 0 Å². The second-order valence-electron chi connectivity index (χ2n) is 6.02. The Kier molecular flexibility index (Phi) is 3.97. The number of carbonyl (C=O) groups excluding carboxylic acids is 1. The van der Waals surface area contributed by atoms with E-state index in [-0.39, 0.29) is 6.03 Å². The molecule has 0 radical (unpaired) electrons. The van der Waals surface area contributed by atoms with E-state index >= 15 is 0 Å². The third kappa shape index (κ3) is 2.78. The average molecular weight is 356 g/mol. The number of hydrogen-bond acceptors (Lipinski definition) is 3. The van der Waals surface area contributed by atoms with Gasteiger partial charge in [0.2, 0.25) is 0 Å². The fourth-order valence-corrected chi connectivity index (χ4v) is 3.45. The topological polar surface area (TPSA) is 67.4 Å². The summed E-state index contributed by atoms with van der Waals surface area (Å²) < 4.78 is 1.88. The zero-order valence-electron chi connectivity index (χ0n) is 13.6. The van der Waals surface area contributed by atoms with Gasteiger partial charge in [-0.15, -0.1) is 5.10 Å². The molecule has 1 aromatic heterocycles. The first-order valence-electron chi connectivity index (χ1n) is 8.17. The molecule has 0 unspecified atom stereocenters. The number of nitrogens with zero attached hydrogens (tertiary/aromatic N) is 4. The lowest BCUT2D eigenvalue weighted by Crippen LogP contribution is -2.50. The van der Waals surface area contributed by atoms with Crippen LogP contribution in [0.4, 0.5) is 10.6 Å². The van der Waals surface area contributed by atoms with Gasteiger partial charge in [0.1, 0.15) is 0 Å². The lowest BCUT2D eigenvalue weighted by Gasteiger charge is -2.34. The molecular formula is C18H18ClN5O. The number of para-hydroxylation sites is 2. The van der Waals surface area contributed by atoms with Gasteiger partial charge < -0.3 is 15.5 Å². The first-order chi connectivity index (χ1) is 12.1. The number of piperazine rings is 1. The number of rotatable bonds is 2. The van der Waals surface area contributed by atoms with Crippen molar-refractivity contribution in [3.63, 3.8) is 0 Å². The maximum absolute atomic E-state index is 11.3. The molecule has 1 aliphatic heterocycles. The van der Waals surface area contributed by atoms with Crippen molar-refractivity contribution >= 4 is 34.4 Å². The zero-order valence-corrected chi connectivity index (χ0v) is 14.4. The number of carbonyl (C=O) groups is 1. The van der Waals surface area contributed by atoms with Gasteiger partial charge in [-0.2, -0.15) is 0 Å². The Hall–Kier alpha value is -2.73. The lowest BCUT2D eigenvalue weighted by molar-refractivity contribution is 0.204. The monoisotopic (exact) mass is 355 g/mol. The number of halogens is 1. The van der Waals surface area contributed by atoms with Gasteiger partial charge in [0.05, 0.1) is 16.2 Å². The molecule has 0 atom stereocenters. The average Bonchev–Trinajstić information content (AvgIpc) is 3.02. The number of benzene rings is 2. The second-order valence-corrected chi connectivity index (χ2v) is 6.42. The molecule has 3 aromatic rings. The number of urea groups is 1. The van der Waals surface area contributed by atoms with Crippen LogP contribution >= 0.6 is 11.6 Å². The molecule has 2 aromatic carbocycles. The lowest BCUT2D eigenvalue weighted by atomic mass is 10.2. The van der Waals surface area contributed by atoms with E-state index in [0.29, 0.717) is 31.2 Å². The van der Waals surface area contributed by atoms with E-state index in [0.717, 1.165) is 22.4 Å². The summed E-state index contributed by atoms with van der Waals surface area (Å²) in [4.78, 5) is 15.2. The fraction of sp³-hybridized carbons (Fsp3) is 0.222. The van der Waals surface area contributed by atoms with E-state index in [1.54, 1.807) is 4.90 Å². The summed E-state index contributed by atoms with van der Waals surface area (Å²) in [7, 11) is 0. The molecule has 6 nitrogen and oxygen atoms in total. The molecule has 0 spiro atoms. The van der Waals surface area contributed by atoms with Crippen LogP contribution < -0.4 is 10.6 Å². The first kappa shape index (κ1) is 15.8. The molecule has 2 amide bonds. The Morgan fingerprint density at radius 1 is 1.00 bits per heavy atom. The molecule has 128 valence electrons. The van der Waals surface area contributed by atoms with Crippen LogP contribution in [0.15, 0.2) is 48.5 Å². The summed E-state index contributed by atoms with van der Waals surface area (Å²) in [5, 5.41) is 6.56. The Morgan fingerprint density at radius 2 is 1.68 bits per heavy atom. The smallest absolute Gasteiger partial charge is 0.314 e. The van der Waals surface area contributed by atoms with Gasteiger partial charge in [0.25, 0.3) is 0 Å². The zero-order chi connectivity index (χ0) is 17.4. The maximum atomic E-state index is 11.3. The molecule has 0 bridgehead atoms. The van der Waals surface area contributed by atoms with Crippen molar-refractivity contribution in [1.82, 2.24) is 14.7 Å². The molecule has 1 aliphatic rings. The molecule has 0 saturated carbocycles. The summed E-state index contributed by atoms with van der Waals surface area (Å²) in [6.45, 7) is 2.60. The number of amides is 2. The highest BCUT2D eigenvalue weighted by Crippen LogP contribution is 2.31. The van der Waals surface area contributed by atoms with Gasteiger partial charge in [-0.05, 0) is 24.3 Å². The van der Waals surface area contributed by atoms with Crippen molar-refractivity contribution in [2.75, 3.05) is 31.1 Å². The quantitative estimate of drug-likeness (QED) is 0.768. The summed E-state index contributed by atoms with van der Waals surface area (Å²) in [6, 6.07) is 15.4. The van der Waals surface area contributed by atoms with Crippen LogP contribution in [0.5, 0.6) is 0 Å². The maximum Gasteiger partial charge on any atom is 0.314 e. The number of primary amides is 1. The van der Waals surface area contributed by atoms with E-state index in [1.165, 1.54) is 0 Å². The van der Waals surface area contributed by atoms with Crippen LogP contribution in [0.25, 0.3) is 16.6 Å². The molecule has 7 heteroatoms. The third-order valence-corrected chi connectivity index (χ3v) is 4.86. The third-order valence-electron chi connectivity index (χ3n) is 4.54. The fourth-order valence-electron chi connectivity index (χ4n) is 3.23. The molecule has 2 N–H and O–H groups in total. The summed E-state index contributed by atoms with van der Waals surface area (Å²) in [5.41, 5.74) is 7.22. The summed E-state index contributed by atoms with van der Waals surface area (Å²) in [5.74, 6) is 0.902. The van der Waals surface area contributed by atoms with Gasteiger partial charge in [-0.3, -0.25) is 0 Å². The van der Waals surface area contributed by atoms with Crippen molar-refractivity contribution in [2.45, 2.75) is 0 Å². The van der Waals surface area contributed by atoms with Crippen LogP contribution in [0.1, 0.15) is 0 Å². The number of hydrogen-bond donors (Lipinski definition) is 1. The van der Waals surface area contributed by atoms with E-state index in [1.807, 2.05) is 47.1 Å². The molecule has 0 aliphatic carbocycles. The van der Waals surface area contributed by atoms with Crippen molar-refractivity contribution < 1.29 is 4.79 Å². The highest BCUT2D eigenvalue weighted by atomic mass is 35.5. The van der Waals surface area contributed by atoms with Crippen molar-refractivity contribution in [2.24, 2.45) is 5.73 Å². The van der Waals surface area contributed by atoms with Gasteiger partial charge in [-0.25, -0.2) is 9.48 Å². The minimum absolute atomic E-state index is 0.369. The normalized spacial score (nSPS) is 14.9. The largest absolute Gasteiger partial charge is 0.351 e. The Bertz CT molecular complexity index is 930. The van der Waals surface area contributed by atoms with Crippen LogP contribution in [0.3, 0.4) is 0 Å². The van der Waals surface area contributed by atoms with Gasteiger partial charge in [0.15, 0.2) is 5.82 Å². The van der Waals surface area contributed by atoms with Crippen LogP contribution in [-0.4, -0.2) is 46.9 Å². The van der Waals surface area contributed by atoms with Crippen molar-refractivity contribution in [3.05, 3.63) is 53.6 Å². The molecule has 4 rings (SSSR count). The summed E-state index contributed by atoms with van der Waals surface area (Å²) in [6.07, 6.45) is 0. The first-order valence-corrected chi connectivity index (χ1v) is 8.55. The van der Waals surface area contributed by atoms with E-state index in [4.69, 9.17) is 22.4 Å². The molecular weight excluding hydrogens is 338 g/mol. The highest BCUT2D eigenvalue weighted by Gasteiger charge is 2.23. The van der Waals surface area contributed by atoms with Gasteiger partial charge in [0, 0.05) is 31.6 Å². The van der Waals surface area contributed by atoms with Crippen LogP contribution in [0, 0.1) is 0 Å². The van der Waals surface area contributed by atoms with E-state index in [2.05, 4.69) is 11.0 Å². The van der Waals surface area contributed by atoms with Gasteiger partial charge in [-0.1, -0.05) is 35.9 Å². The Labute approximate surface area is 150 Å². The van der Waals surface area contributed by atoms with E-state index in [9.17, 15) is 4.79 Å². The molecule has 1 fully saturated rings. The van der Waals surface area contributed by atoms with Crippen molar-refractivity contribution in [3.8, 4) is 5.69 Å². The minimum atomic E-state index is -0.369. The number of aromatic nitrogens is 2. The predicted octanol–water partition coefficient (Wildman–Crippen LogP) is 2.88. The summed E-state index contributed by atoms with van der Waals surface area (Å²) >= 11 is 6.38. The van der Waals surface area contributed by atoms with Crippen LogP contribution in [-0.2, 0) is 0 Å². The SMILES string of the molecule is NC(=O)N1CCN(c2nn(-c3ccccc3Cl)c3ccccc23)CC1. The molecule has 1 saturated heterocycles. The predicted molar refractivity (Wildman–Crippen MR) is 99.4 cm³/mol. The number of nitrogens with two attached hydrogens (primary N) is 1.